The molecule has 124 valence electrons. The topological polar surface area (TPSA) is 71.3 Å². The average Bonchev–Trinajstić information content (AvgIpc) is 2.60. The molecule has 6 heteroatoms. The van der Waals surface area contributed by atoms with Gasteiger partial charge in [-0.3, -0.25) is 4.79 Å². The van der Waals surface area contributed by atoms with Crippen molar-refractivity contribution in [2.45, 2.75) is 12.5 Å². The Morgan fingerprint density at radius 2 is 1.96 bits per heavy atom. The van der Waals surface area contributed by atoms with Crippen molar-refractivity contribution in [3.63, 3.8) is 0 Å². The van der Waals surface area contributed by atoms with Gasteiger partial charge in [0.25, 0.3) is 0 Å². The summed E-state index contributed by atoms with van der Waals surface area (Å²) in [5.41, 5.74) is 1.44. The van der Waals surface area contributed by atoms with Crippen LogP contribution in [-0.4, -0.2) is 20.1 Å². The second-order valence-corrected chi connectivity index (χ2v) is 5.37. The zero-order valence-corrected chi connectivity index (χ0v) is 14.1. The minimum atomic E-state index is -0.541. The number of carbonyl (C=O) groups excluding carboxylic acids is 1. The number of halogens is 1. The second-order valence-electron chi connectivity index (χ2n) is 4.96. The lowest BCUT2D eigenvalue weighted by molar-refractivity contribution is -0.120. The van der Waals surface area contributed by atoms with E-state index in [1.54, 1.807) is 38.5 Å². The number of carbonyl (C=O) groups is 1. The number of benzene rings is 2. The van der Waals surface area contributed by atoms with E-state index in [9.17, 15) is 4.79 Å². The van der Waals surface area contributed by atoms with Crippen molar-refractivity contribution in [2.24, 2.45) is 0 Å². The minimum Gasteiger partial charge on any atom is -0.497 e. The molecule has 0 aliphatic rings. The highest BCUT2D eigenvalue weighted by atomic mass is 35.5. The summed E-state index contributed by atoms with van der Waals surface area (Å²) >= 11 is 6.30. The maximum atomic E-state index is 12.0. The molecule has 0 heterocycles. The van der Waals surface area contributed by atoms with Gasteiger partial charge in [-0.2, -0.15) is 5.26 Å². The predicted octanol–water partition coefficient (Wildman–Crippen LogP) is 3.48. The standard InChI is InChI=1S/C18H17ClN2O3/c1-23-12-7-8-14(16(11-12)24-2)18(21-17(22)9-10-20)13-5-3-4-6-15(13)19/h3-8,11,18H,9H2,1-2H3,(H,21,22)/t18-/m0/s1. The summed E-state index contributed by atoms with van der Waals surface area (Å²) in [7, 11) is 3.10. The van der Waals surface area contributed by atoms with Crippen LogP contribution in [0.2, 0.25) is 5.02 Å². The van der Waals surface area contributed by atoms with Crippen LogP contribution >= 0.6 is 11.6 Å². The average molecular weight is 345 g/mol. The highest BCUT2D eigenvalue weighted by molar-refractivity contribution is 6.31. The molecule has 0 saturated carbocycles. The zero-order chi connectivity index (χ0) is 17.5. The summed E-state index contributed by atoms with van der Waals surface area (Å²) in [4.78, 5) is 12.0. The molecule has 0 aliphatic heterocycles. The third-order valence-corrected chi connectivity index (χ3v) is 3.86. The lowest BCUT2D eigenvalue weighted by atomic mass is 9.97. The van der Waals surface area contributed by atoms with Crippen molar-refractivity contribution in [2.75, 3.05) is 14.2 Å². The van der Waals surface area contributed by atoms with Gasteiger partial charge in [0.15, 0.2) is 0 Å². The lowest BCUT2D eigenvalue weighted by Gasteiger charge is -2.23. The van der Waals surface area contributed by atoms with Gasteiger partial charge in [-0.15, -0.1) is 0 Å². The van der Waals surface area contributed by atoms with E-state index in [1.807, 2.05) is 24.3 Å². The second kappa shape index (κ2) is 8.23. The monoisotopic (exact) mass is 344 g/mol. The third kappa shape index (κ3) is 3.98. The number of rotatable bonds is 6. The molecule has 1 atom stereocenters. The van der Waals surface area contributed by atoms with Gasteiger partial charge >= 0.3 is 0 Å². The van der Waals surface area contributed by atoms with E-state index >= 15 is 0 Å². The van der Waals surface area contributed by atoms with Crippen molar-refractivity contribution in [3.8, 4) is 17.6 Å². The van der Waals surface area contributed by atoms with E-state index in [4.69, 9.17) is 26.3 Å². The number of nitrogens with one attached hydrogen (secondary N) is 1. The van der Waals surface area contributed by atoms with Crippen LogP contribution in [0.25, 0.3) is 0 Å². The van der Waals surface area contributed by atoms with Crippen LogP contribution in [0.5, 0.6) is 11.5 Å². The molecule has 1 amide bonds. The molecule has 1 N–H and O–H groups in total. The van der Waals surface area contributed by atoms with Crippen molar-refractivity contribution >= 4 is 17.5 Å². The van der Waals surface area contributed by atoms with E-state index in [2.05, 4.69) is 5.32 Å². The Kier molecular flexibility index (Phi) is 6.05. The Bertz CT molecular complexity index is 771. The SMILES string of the molecule is COc1ccc([C@@H](NC(=O)CC#N)c2ccccc2Cl)c(OC)c1. The van der Waals surface area contributed by atoms with E-state index < -0.39 is 6.04 Å². The Morgan fingerprint density at radius 1 is 1.21 bits per heavy atom. The van der Waals surface area contributed by atoms with E-state index in [0.29, 0.717) is 22.1 Å². The lowest BCUT2D eigenvalue weighted by Crippen LogP contribution is -2.29. The summed E-state index contributed by atoms with van der Waals surface area (Å²) in [6, 6.07) is 13.8. The summed E-state index contributed by atoms with van der Waals surface area (Å²) in [6.45, 7) is 0. The molecule has 2 aromatic rings. The number of amides is 1. The van der Waals surface area contributed by atoms with Gasteiger partial charge in [0.05, 0.1) is 26.3 Å². The van der Waals surface area contributed by atoms with Crippen LogP contribution in [0.4, 0.5) is 0 Å². The summed E-state index contributed by atoms with van der Waals surface area (Å²) in [6.07, 6.45) is -0.237. The maximum absolute atomic E-state index is 12.0. The largest absolute Gasteiger partial charge is 0.497 e. The molecular formula is C18H17ClN2O3. The smallest absolute Gasteiger partial charge is 0.234 e. The van der Waals surface area contributed by atoms with Crippen LogP contribution in [0.3, 0.4) is 0 Å². The molecule has 2 aromatic carbocycles. The van der Waals surface area contributed by atoms with Gasteiger partial charge in [-0.05, 0) is 23.8 Å². The molecular weight excluding hydrogens is 328 g/mol. The number of ether oxygens (including phenoxy) is 2. The van der Waals surface area contributed by atoms with Gasteiger partial charge in [0.2, 0.25) is 5.91 Å². The van der Waals surface area contributed by atoms with Crippen LogP contribution in [-0.2, 0) is 4.79 Å². The van der Waals surface area contributed by atoms with Crippen LogP contribution in [0.1, 0.15) is 23.6 Å². The molecule has 0 spiro atoms. The van der Waals surface area contributed by atoms with E-state index in [-0.39, 0.29) is 12.3 Å². The highest BCUT2D eigenvalue weighted by Crippen LogP contribution is 2.35. The van der Waals surface area contributed by atoms with Crippen molar-refractivity contribution in [1.29, 1.82) is 5.26 Å². The minimum absolute atomic E-state index is 0.237. The normalized spacial score (nSPS) is 11.2. The number of hydrogen-bond acceptors (Lipinski definition) is 4. The first-order chi connectivity index (χ1) is 11.6. The molecule has 2 rings (SSSR count). The van der Waals surface area contributed by atoms with Crippen molar-refractivity contribution < 1.29 is 14.3 Å². The highest BCUT2D eigenvalue weighted by Gasteiger charge is 2.23. The summed E-state index contributed by atoms with van der Waals surface area (Å²) in [5.74, 6) is 0.800. The molecule has 0 bridgehead atoms. The number of nitriles is 1. The quantitative estimate of drug-likeness (QED) is 0.870. The molecule has 5 nitrogen and oxygen atoms in total. The third-order valence-electron chi connectivity index (χ3n) is 3.51. The Morgan fingerprint density at radius 3 is 2.58 bits per heavy atom. The molecule has 24 heavy (non-hydrogen) atoms. The maximum Gasteiger partial charge on any atom is 0.234 e. The van der Waals surface area contributed by atoms with Crippen LogP contribution in [0, 0.1) is 11.3 Å². The van der Waals surface area contributed by atoms with Crippen LogP contribution in [0.15, 0.2) is 42.5 Å². The number of hydrogen-bond donors (Lipinski definition) is 1. The Balaban J connectivity index is 2.52. The fraction of sp³-hybridized carbons (Fsp3) is 0.222. The molecule has 0 saturated heterocycles. The van der Waals surface area contributed by atoms with Crippen molar-refractivity contribution in [1.82, 2.24) is 5.32 Å². The molecule has 0 aliphatic carbocycles. The van der Waals surface area contributed by atoms with Gasteiger partial charge in [0.1, 0.15) is 17.9 Å². The summed E-state index contributed by atoms with van der Waals surface area (Å²) < 4.78 is 10.6. The van der Waals surface area contributed by atoms with Gasteiger partial charge in [-0.1, -0.05) is 29.8 Å². The number of nitrogens with zero attached hydrogens (tertiary/aromatic N) is 1. The first-order valence-corrected chi connectivity index (χ1v) is 7.61. The zero-order valence-electron chi connectivity index (χ0n) is 13.4. The molecule has 0 unspecified atom stereocenters. The van der Waals surface area contributed by atoms with Gasteiger partial charge in [-0.25, -0.2) is 0 Å². The fourth-order valence-electron chi connectivity index (χ4n) is 2.37. The molecule has 0 aromatic heterocycles. The van der Waals surface area contributed by atoms with Gasteiger partial charge < -0.3 is 14.8 Å². The van der Waals surface area contributed by atoms with Gasteiger partial charge in [0, 0.05) is 16.7 Å². The predicted molar refractivity (Wildman–Crippen MR) is 91.2 cm³/mol. The molecule has 0 radical (unpaired) electrons. The van der Waals surface area contributed by atoms with E-state index in [0.717, 1.165) is 5.56 Å². The Hall–Kier alpha value is -2.71. The first kappa shape index (κ1) is 17.6. The number of methoxy groups -OCH3 is 2. The fourth-order valence-corrected chi connectivity index (χ4v) is 2.62. The van der Waals surface area contributed by atoms with E-state index in [1.165, 1.54) is 0 Å². The Labute approximate surface area is 145 Å². The molecule has 0 fully saturated rings. The first-order valence-electron chi connectivity index (χ1n) is 7.23. The van der Waals surface area contributed by atoms with Crippen molar-refractivity contribution in [3.05, 3.63) is 58.6 Å². The summed E-state index contributed by atoms with van der Waals surface area (Å²) in [5, 5.41) is 12.1. The van der Waals surface area contributed by atoms with Crippen LogP contribution < -0.4 is 14.8 Å².